The quantitative estimate of drug-likeness (QED) is 0.744. The molecule has 1 aromatic rings. The second-order valence-corrected chi connectivity index (χ2v) is 5.54. The standard InChI is InChI=1S/C17H25NO2/c1-4-15-9-6-13(3)18(15)12-17(19)14-7-10-16(11-8-14)20-5-2/h7-8,10-11,13,15H,4-6,9,12H2,1-3H3. The highest BCUT2D eigenvalue weighted by molar-refractivity contribution is 5.97. The maximum atomic E-state index is 12.4. The molecule has 0 aliphatic carbocycles. The van der Waals surface area contributed by atoms with Gasteiger partial charge in [-0.25, -0.2) is 0 Å². The molecule has 0 bridgehead atoms. The first kappa shape index (κ1) is 15.0. The number of carbonyl (C=O) groups is 1. The molecule has 0 saturated carbocycles. The van der Waals surface area contributed by atoms with Crippen molar-refractivity contribution in [3.63, 3.8) is 0 Å². The number of carbonyl (C=O) groups excluding carboxylic acids is 1. The molecule has 110 valence electrons. The van der Waals surface area contributed by atoms with E-state index in [0.717, 1.165) is 17.7 Å². The van der Waals surface area contributed by atoms with Gasteiger partial charge in [-0.2, -0.15) is 0 Å². The Bertz CT molecular complexity index is 441. The Balaban J connectivity index is 2.00. The summed E-state index contributed by atoms with van der Waals surface area (Å²) in [6.07, 6.45) is 3.55. The van der Waals surface area contributed by atoms with E-state index in [1.54, 1.807) is 0 Å². The lowest BCUT2D eigenvalue weighted by atomic mass is 10.1. The highest BCUT2D eigenvalue weighted by Crippen LogP contribution is 2.26. The van der Waals surface area contributed by atoms with Crippen LogP contribution in [0.2, 0.25) is 0 Å². The van der Waals surface area contributed by atoms with Crippen LogP contribution in [0.5, 0.6) is 5.75 Å². The molecule has 2 rings (SSSR count). The molecule has 1 aromatic carbocycles. The van der Waals surface area contributed by atoms with Crippen molar-refractivity contribution in [1.82, 2.24) is 4.90 Å². The number of nitrogens with zero attached hydrogens (tertiary/aromatic N) is 1. The topological polar surface area (TPSA) is 29.5 Å². The molecule has 0 spiro atoms. The molecule has 1 aliphatic heterocycles. The van der Waals surface area contributed by atoms with Crippen molar-refractivity contribution in [1.29, 1.82) is 0 Å². The van der Waals surface area contributed by atoms with Crippen LogP contribution in [0.1, 0.15) is 50.4 Å². The van der Waals surface area contributed by atoms with Crippen molar-refractivity contribution in [3.05, 3.63) is 29.8 Å². The molecule has 1 aliphatic rings. The van der Waals surface area contributed by atoms with Crippen LogP contribution in [-0.2, 0) is 0 Å². The second kappa shape index (κ2) is 6.89. The Kier molecular flexibility index (Phi) is 5.18. The van der Waals surface area contributed by atoms with Gasteiger partial charge in [0.2, 0.25) is 0 Å². The molecule has 1 heterocycles. The third-order valence-corrected chi connectivity index (χ3v) is 4.24. The molecule has 3 nitrogen and oxygen atoms in total. The normalized spacial score (nSPS) is 22.9. The summed E-state index contributed by atoms with van der Waals surface area (Å²) < 4.78 is 5.40. The third-order valence-electron chi connectivity index (χ3n) is 4.24. The molecule has 2 unspecified atom stereocenters. The lowest BCUT2D eigenvalue weighted by Gasteiger charge is -2.26. The lowest BCUT2D eigenvalue weighted by Crippen LogP contribution is -2.38. The van der Waals surface area contributed by atoms with E-state index in [9.17, 15) is 4.79 Å². The van der Waals surface area contributed by atoms with Crippen LogP contribution in [0.4, 0.5) is 0 Å². The molecule has 0 radical (unpaired) electrons. The van der Waals surface area contributed by atoms with Crippen molar-refractivity contribution >= 4 is 5.78 Å². The number of hydrogen-bond acceptors (Lipinski definition) is 3. The smallest absolute Gasteiger partial charge is 0.176 e. The van der Waals surface area contributed by atoms with Crippen LogP contribution < -0.4 is 4.74 Å². The van der Waals surface area contributed by atoms with Crippen LogP contribution in [0.3, 0.4) is 0 Å². The number of hydrogen-bond donors (Lipinski definition) is 0. The molecule has 1 saturated heterocycles. The van der Waals surface area contributed by atoms with Gasteiger partial charge in [0.15, 0.2) is 5.78 Å². The first-order valence-electron chi connectivity index (χ1n) is 7.67. The summed E-state index contributed by atoms with van der Waals surface area (Å²) in [6, 6.07) is 8.58. The molecule has 0 aromatic heterocycles. The minimum atomic E-state index is 0.209. The molecule has 0 N–H and O–H groups in total. The van der Waals surface area contributed by atoms with E-state index >= 15 is 0 Å². The first-order valence-corrected chi connectivity index (χ1v) is 7.67. The van der Waals surface area contributed by atoms with E-state index in [1.165, 1.54) is 12.8 Å². The Morgan fingerprint density at radius 1 is 1.25 bits per heavy atom. The Labute approximate surface area is 121 Å². The van der Waals surface area contributed by atoms with Gasteiger partial charge in [-0.05, 0) is 57.4 Å². The van der Waals surface area contributed by atoms with E-state index < -0.39 is 0 Å². The number of ether oxygens (including phenoxy) is 1. The van der Waals surface area contributed by atoms with Crippen molar-refractivity contribution in [2.45, 2.75) is 52.1 Å². The minimum Gasteiger partial charge on any atom is -0.494 e. The van der Waals surface area contributed by atoms with Gasteiger partial charge in [0.25, 0.3) is 0 Å². The third kappa shape index (κ3) is 3.40. The van der Waals surface area contributed by atoms with Gasteiger partial charge in [-0.1, -0.05) is 6.92 Å². The Morgan fingerprint density at radius 2 is 1.95 bits per heavy atom. The van der Waals surface area contributed by atoms with Gasteiger partial charge in [0.1, 0.15) is 5.75 Å². The zero-order valence-electron chi connectivity index (χ0n) is 12.8. The summed E-state index contributed by atoms with van der Waals surface area (Å²) in [6.45, 7) is 7.57. The van der Waals surface area contributed by atoms with Crippen LogP contribution in [0.15, 0.2) is 24.3 Å². The number of Topliss-reactive ketones (excluding diaryl/α,β-unsaturated/α-hetero) is 1. The molecular weight excluding hydrogens is 250 g/mol. The molecule has 1 fully saturated rings. The van der Waals surface area contributed by atoms with Gasteiger partial charge in [0, 0.05) is 17.6 Å². The Hall–Kier alpha value is -1.35. The molecular formula is C17H25NO2. The van der Waals surface area contributed by atoms with Crippen molar-refractivity contribution in [2.75, 3.05) is 13.2 Å². The van der Waals surface area contributed by atoms with Gasteiger partial charge in [-0.3, -0.25) is 9.69 Å². The largest absolute Gasteiger partial charge is 0.494 e. The SMILES string of the molecule is CCOc1ccc(C(=O)CN2C(C)CCC2CC)cc1. The van der Waals surface area contributed by atoms with Gasteiger partial charge in [-0.15, -0.1) is 0 Å². The predicted molar refractivity (Wildman–Crippen MR) is 81.4 cm³/mol. The summed E-state index contributed by atoms with van der Waals surface area (Å²) in [7, 11) is 0. The fourth-order valence-corrected chi connectivity index (χ4v) is 3.01. The fraction of sp³-hybridized carbons (Fsp3) is 0.588. The number of ketones is 1. The number of rotatable bonds is 6. The first-order chi connectivity index (χ1) is 9.65. The summed E-state index contributed by atoms with van der Waals surface area (Å²) in [5.41, 5.74) is 0.780. The lowest BCUT2D eigenvalue weighted by molar-refractivity contribution is 0.0889. The van der Waals surface area contributed by atoms with E-state index in [4.69, 9.17) is 4.74 Å². The zero-order chi connectivity index (χ0) is 14.5. The number of likely N-dealkylation sites (tertiary alicyclic amines) is 1. The van der Waals surface area contributed by atoms with Gasteiger partial charge < -0.3 is 4.74 Å². The summed E-state index contributed by atoms with van der Waals surface area (Å²) in [5.74, 6) is 1.03. The van der Waals surface area contributed by atoms with Crippen molar-refractivity contribution in [2.24, 2.45) is 0 Å². The van der Waals surface area contributed by atoms with E-state index in [-0.39, 0.29) is 5.78 Å². The van der Waals surface area contributed by atoms with Crippen molar-refractivity contribution in [3.8, 4) is 5.75 Å². The zero-order valence-corrected chi connectivity index (χ0v) is 12.8. The van der Waals surface area contributed by atoms with Gasteiger partial charge >= 0.3 is 0 Å². The monoisotopic (exact) mass is 275 g/mol. The van der Waals surface area contributed by atoms with Crippen molar-refractivity contribution < 1.29 is 9.53 Å². The fourth-order valence-electron chi connectivity index (χ4n) is 3.01. The summed E-state index contributed by atoms with van der Waals surface area (Å²) >= 11 is 0. The highest BCUT2D eigenvalue weighted by Gasteiger charge is 2.30. The molecule has 20 heavy (non-hydrogen) atoms. The minimum absolute atomic E-state index is 0.209. The van der Waals surface area contributed by atoms with E-state index in [2.05, 4.69) is 18.7 Å². The van der Waals surface area contributed by atoms with Crippen LogP contribution in [-0.4, -0.2) is 35.9 Å². The second-order valence-electron chi connectivity index (χ2n) is 5.54. The average Bonchev–Trinajstić information content (AvgIpc) is 2.81. The highest BCUT2D eigenvalue weighted by atomic mass is 16.5. The van der Waals surface area contributed by atoms with E-state index in [0.29, 0.717) is 25.2 Å². The molecule has 2 atom stereocenters. The van der Waals surface area contributed by atoms with Gasteiger partial charge in [0.05, 0.1) is 13.2 Å². The Morgan fingerprint density at radius 3 is 2.55 bits per heavy atom. The number of benzene rings is 1. The molecule has 0 amide bonds. The van der Waals surface area contributed by atoms with Crippen LogP contribution in [0.25, 0.3) is 0 Å². The predicted octanol–water partition coefficient (Wildman–Crippen LogP) is 3.53. The maximum absolute atomic E-state index is 12.4. The van der Waals surface area contributed by atoms with Crippen LogP contribution in [0, 0.1) is 0 Å². The van der Waals surface area contributed by atoms with Crippen LogP contribution >= 0.6 is 0 Å². The van der Waals surface area contributed by atoms with E-state index in [1.807, 2.05) is 31.2 Å². The maximum Gasteiger partial charge on any atom is 0.176 e. The summed E-state index contributed by atoms with van der Waals surface area (Å²) in [5, 5.41) is 0. The average molecular weight is 275 g/mol. The summed E-state index contributed by atoms with van der Waals surface area (Å²) in [4.78, 5) is 14.8. The molecule has 3 heteroatoms.